The van der Waals surface area contributed by atoms with Crippen LogP contribution < -0.4 is 20.7 Å². The lowest BCUT2D eigenvalue weighted by Crippen LogP contribution is -2.27. The number of carbonyl (C=O) groups excluding carboxylic acids is 1. The molecule has 4 aromatic rings. The second-order valence-electron chi connectivity index (χ2n) is 8.83. The van der Waals surface area contributed by atoms with Crippen molar-refractivity contribution < 1.29 is 18.3 Å². The molecular formula is C26H26F2N6O2. The summed E-state index contributed by atoms with van der Waals surface area (Å²) in [7, 11) is 3.28. The van der Waals surface area contributed by atoms with E-state index in [4.69, 9.17) is 15.5 Å². The summed E-state index contributed by atoms with van der Waals surface area (Å²) in [6.07, 6.45) is 2.08. The number of aromatic nitrogens is 3. The molecule has 3 heterocycles. The molecule has 0 radical (unpaired) electrons. The zero-order valence-corrected chi connectivity index (χ0v) is 20.2. The van der Waals surface area contributed by atoms with Crippen LogP contribution in [0.5, 0.6) is 5.75 Å². The molecule has 3 N–H and O–H groups in total. The summed E-state index contributed by atoms with van der Waals surface area (Å²) >= 11 is 0. The maximum atomic E-state index is 15.6. The van der Waals surface area contributed by atoms with Gasteiger partial charge in [0.2, 0.25) is 0 Å². The lowest BCUT2D eigenvalue weighted by atomic mass is 10.1. The van der Waals surface area contributed by atoms with Crippen molar-refractivity contribution in [3.8, 4) is 17.0 Å². The molecule has 1 amide bonds. The number of amides is 1. The van der Waals surface area contributed by atoms with Crippen LogP contribution in [0.4, 0.5) is 20.2 Å². The summed E-state index contributed by atoms with van der Waals surface area (Å²) in [5, 5.41) is 2.84. The molecule has 0 spiro atoms. The number of nitrogens with two attached hydrogens (primary N) is 1. The maximum Gasteiger partial charge on any atom is 0.258 e. The molecule has 0 unspecified atom stereocenters. The molecule has 1 saturated heterocycles. The number of methoxy groups -OCH3 is 1. The third-order valence-corrected chi connectivity index (χ3v) is 6.61. The minimum atomic E-state index is -0.946. The van der Waals surface area contributed by atoms with E-state index in [0.29, 0.717) is 18.8 Å². The van der Waals surface area contributed by atoms with Crippen molar-refractivity contribution in [1.29, 1.82) is 0 Å². The largest absolute Gasteiger partial charge is 0.496 e. The number of pyridine rings is 1. The molecule has 1 atom stereocenters. The average molecular weight is 493 g/mol. The van der Waals surface area contributed by atoms with E-state index in [0.717, 1.165) is 29.0 Å². The minimum absolute atomic E-state index is 0.00423. The molecule has 186 valence electrons. The van der Waals surface area contributed by atoms with Gasteiger partial charge in [0.05, 0.1) is 35.1 Å². The Balaban J connectivity index is 1.57. The number of nitrogens with one attached hydrogen (secondary N) is 1. The number of rotatable bonds is 5. The van der Waals surface area contributed by atoms with Crippen LogP contribution >= 0.6 is 0 Å². The summed E-state index contributed by atoms with van der Waals surface area (Å²) in [5.74, 6) is -1.41. The highest BCUT2D eigenvalue weighted by molar-refractivity contribution is 6.09. The zero-order chi connectivity index (χ0) is 25.6. The first-order valence-corrected chi connectivity index (χ1v) is 11.6. The predicted octanol–water partition coefficient (Wildman–Crippen LogP) is 4.02. The van der Waals surface area contributed by atoms with Gasteiger partial charge in [-0.3, -0.25) is 9.78 Å². The van der Waals surface area contributed by atoms with Gasteiger partial charge in [0.1, 0.15) is 28.6 Å². The third-order valence-electron chi connectivity index (χ3n) is 6.61. The van der Waals surface area contributed by atoms with Crippen LogP contribution in [0.2, 0.25) is 0 Å². The highest BCUT2D eigenvalue weighted by Gasteiger charge is 2.27. The fraction of sp³-hybridized carbons (Fsp3) is 0.269. The van der Waals surface area contributed by atoms with Crippen LogP contribution in [0.25, 0.3) is 22.3 Å². The van der Waals surface area contributed by atoms with E-state index in [2.05, 4.69) is 15.2 Å². The third kappa shape index (κ3) is 3.93. The van der Waals surface area contributed by atoms with Crippen LogP contribution in [-0.2, 0) is 7.05 Å². The first-order chi connectivity index (χ1) is 17.3. The Kier molecular flexibility index (Phi) is 6.05. The van der Waals surface area contributed by atoms with E-state index < -0.39 is 17.5 Å². The quantitative estimate of drug-likeness (QED) is 0.437. The number of fused-ring (bicyclic) bond motifs is 1. The molecular weight excluding hydrogens is 466 g/mol. The number of benzene rings is 2. The second-order valence-corrected chi connectivity index (χ2v) is 8.83. The van der Waals surface area contributed by atoms with E-state index >= 15 is 4.39 Å². The number of carbonyl (C=O) groups is 1. The lowest BCUT2D eigenvalue weighted by Gasteiger charge is -2.23. The number of anilines is 2. The summed E-state index contributed by atoms with van der Waals surface area (Å²) in [6, 6.07) is 9.05. The summed E-state index contributed by atoms with van der Waals surface area (Å²) in [4.78, 5) is 24.1. The van der Waals surface area contributed by atoms with Crippen molar-refractivity contribution in [3.05, 3.63) is 65.6 Å². The Morgan fingerprint density at radius 1 is 1.22 bits per heavy atom. The first kappa shape index (κ1) is 23.7. The lowest BCUT2D eigenvalue weighted by molar-refractivity contribution is 0.102. The van der Waals surface area contributed by atoms with Gasteiger partial charge in [0, 0.05) is 32.4 Å². The SMILES string of the molecule is COc1cccc(F)c1-c1nccc(C(=O)Nc2ccc3c(nc(C)n3C)c2N2CC[C@H](N)C2)c1F. The van der Waals surface area contributed by atoms with Crippen molar-refractivity contribution in [3.63, 3.8) is 0 Å². The molecule has 36 heavy (non-hydrogen) atoms. The van der Waals surface area contributed by atoms with Gasteiger partial charge < -0.3 is 25.3 Å². The van der Waals surface area contributed by atoms with Gasteiger partial charge in [-0.15, -0.1) is 0 Å². The van der Waals surface area contributed by atoms with E-state index in [9.17, 15) is 9.18 Å². The number of halogens is 2. The Labute approximate surface area is 206 Å². The van der Waals surface area contributed by atoms with E-state index in [1.807, 2.05) is 24.6 Å². The topological polar surface area (TPSA) is 98.3 Å². The van der Waals surface area contributed by atoms with Gasteiger partial charge >= 0.3 is 0 Å². The van der Waals surface area contributed by atoms with Crippen LogP contribution in [0.1, 0.15) is 22.6 Å². The van der Waals surface area contributed by atoms with Crippen molar-refractivity contribution in [1.82, 2.24) is 14.5 Å². The normalized spacial score (nSPS) is 15.5. The molecule has 10 heteroatoms. The highest BCUT2D eigenvalue weighted by Crippen LogP contribution is 2.37. The first-order valence-electron chi connectivity index (χ1n) is 11.6. The monoisotopic (exact) mass is 492 g/mol. The minimum Gasteiger partial charge on any atom is -0.496 e. The summed E-state index contributed by atoms with van der Waals surface area (Å²) < 4.78 is 37.4. The van der Waals surface area contributed by atoms with Gasteiger partial charge in [-0.25, -0.2) is 13.8 Å². The maximum absolute atomic E-state index is 15.6. The predicted molar refractivity (Wildman–Crippen MR) is 134 cm³/mol. The smallest absolute Gasteiger partial charge is 0.258 e. The van der Waals surface area contributed by atoms with Gasteiger partial charge in [0.15, 0.2) is 5.82 Å². The van der Waals surface area contributed by atoms with Gasteiger partial charge in [-0.2, -0.15) is 0 Å². The Morgan fingerprint density at radius 2 is 2.03 bits per heavy atom. The molecule has 5 rings (SSSR count). The fourth-order valence-electron chi connectivity index (χ4n) is 4.66. The Morgan fingerprint density at radius 3 is 2.75 bits per heavy atom. The van der Waals surface area contributed by atoms with E-state index in [1.165, 1.54) is 37.6 Å². The van der Waals surface area contributed by atoms with Gasteiger partial charge in [-0.1, -0.05) is 6.07 Å². The molecule has 1 aliphatic rings. The highest BCUT2D eigenvalue weighted by atomic mass is 19.1. The molecule has 1 aliphatic heterocycles. The average Bonchev–Trinajstić information content (AvgIpc) is 3.41. The fourth-order valence-corrected chi connectivity index (χ4v) is 4.66. The Hall–Kier alpha value is -4.05. The standard InChI is InChI=1S/C26H26F2N6O2/c1-14-31-23-19(33(14)2)8-7-18(25(23)34-12-10-15(29)13-34)32-26(35)16-9-11-30-24(22(16)28)21-17(27)5-4-6-20(21)36-3/h4-9,11,15H,10,12-13,29H2,1-3H3,(H,32,35)/t15-/m0/s1. The van der Waals surface area contributed by atoms with Crippen LogP contribution in [0.15, 0.2) is 42.6 Å². The summed E-state index contributed by atoms with van der Waals surface area (Å²) in [6.45, 7) is 3.22. The molecule has 8 nitrogen and oxygen atoms in total. The van der Waals surface area contributed by atoms with Crippen molar-refractivity contribution >= 4 is 28.3 Å². The van der Waals surface area contributed by atoms with E-state index in [-0.39, 0.29) is 28.6 Å². The van der Waals surface area contributed by atoms with Crippen molar-refractivity contribution in [2.24, 2.45) is 12.8 Å². The van der Waals surface area contributed by atoms with Gasteiger partial charge in [-0.05, 0) is 43.7 Å². The molecule has 0 bridgehead atoms. The van der Waals surface area contributed by atoms with Crippen LogP contribution in [0, 0.1) is 18.6 Å². The van der Waals surface area contributed by atoms with Crippen LogP contribution in [-0.4, -0.2) is 46.7 Å². The van der Waals surface area contributed by atoms with Crippen molar-refractivity contribution in [2.75, 3.05) is 30.4 Å². The summed E-state index contributed by atoms with van der Waals surface area (Å²) in [5.41, 5.74) is 8.30. The molecule has 1 fully saturated rings. The molecule has 2 aromatic heterocycles. The number of hydrogen-bond donors (Lipinski definition) is 2. The van der Waals surface area contributed by atoms with E-state index in [1.54, 1.807) is 6.07 Å². The number of imidazole rings is 1. The van der Waals surface area contributed by atoms with Crippen LogP contribution in [0.3, 0.4) is 0 Å². The second kappa shape index (κ2) is 9.19. The van der Waals surface area contributed by atoms with Crippen molar-refractivity contribution in [2.45, 2.75) is 19.4 Å². The zero-order valence-electron chi connectivity index (χ0n) is 20.2. The number of hydrogen-bond acceptors (Lipinski definition) is 6. The molecule has 0 saturated carbocycles. The number of aryl methyl sites for hydroxylation is 2. The van der Waals surface area contributed by atoms with Gasteiger partial charge in [0.25, 0.3) is 5.91 Å². The number of nitrogens with zero attached hydrogens (tertiary/aromatic N) is 4. The molecule has 0 aliphatic carbocycles. The Bertz CT molecular complexity index is 1490. The molecule has 2 aromatic carbocycles. The number of ether oxygens (including phenoxy) is 1.